The molecule has 0 atom stereocenters. The zero-order valence-corrected chi connectivity index (χ0v) is 27.0. The number of hydrogen-bond donors (Lipinski definition) is 1. The predicted octanol–water partition coefficient (Wildman–Crippen LogP) is 8.08. The number of aliphatic hydroxyl groups is 1. The highest BCUT2D eigenvalue weighted by atomic mass is 16.3. The van der Waals surface area contributed by atoms with Crippen LogP contribution in [-0.2, 0) is 6.54 Å². The third-order valence-electron chi connectivity index (χ3n) is 10.4. The summed E-state index contributed by atoms with van der Waals surface area (Å²) in [6.45, 7) is 8.66. The van der Waals surface area contributed by atoms with E-state index in [0.29, 0.717) is 21.9 Å². The van der Waals surface area contributed by atoms with Crippen molar-refractivity contribution in [3.8, 4) is 0 Å². The first-order valence-electron chi connectivity index (χ1n) is 17.1. The molecule has 2 heterocycles. The Morgan fingerprint density at radius 2 is 1.07 bits per heavy atom. The minimum Gasteiger partial charge on any atom is -0.395 e. The van der Waals surface area contributed by atoms with Crippen LogP contribution < -0.4 is 10.9 Å². The summed E-state index contributed by atoms with van der Waals surface area (Å²) in [5, 5.41) is 19.1. The fourth-order valence-corrected chi connectivity index (χ4v) is 8.11. The Morgan fingerprint density at radius 1 is 0.609 bits per heavy atom. The van der Waals surface area contributed by atoms with Gasteiger partial charge in [0.05, 0.1) is 6.61 Å². The molecule has 46 heavy (non-hydrogen) atoms. The molecule has 6 nitrogen and oxygen atoms in total. The van der Waals surface area contributed by atoms with Crippen molar-refractivity contribution in [2.45, 2.75) is 90.6 Å². The Labute approximate surface area is 268 Å². The molecule has 0 aliphatic carbocycles. The van der Waals surface area contributed by atoms with E-state index in [1.807, 2.05) is 42.5 Å². The molecule has 0 fully saturated rings. The van der Waals surface area contributed by atoms with E-state index in [-0.39, 0.29) is 36.6 Å². The standard InChI is InChI=1S/C40H42N2O4/c1-4-6-8-10-12-25(13-11-9-7-5-2)42-39(45)32-20-17-29-27-15-14-26-24(3)41(22-23-43)38(44)31-19-16-28(35(27)34(26)31)30-18-21-33(40(42)46)37(32)36(29)30/h14-21,25,43H,3-13,22-23H2,1-2H3. The van der Waals surface area contributed by atoms with E-state index in [0.717, 1.165) is 99.8 Å². The molecule has 1 aliphatic heterocycles. The van der Waals surface area contributed by atoms with E-state index >= 15 is 0 Å². The van der Waals surface area contributed by atoms with Crippen molar-refractivity contribution >= 4 is 72.3 Å². The fourth-order valence-electron chi connectivity index (χ4n) is 8.11. The molecule has 0 radical (unpaired) electrons. The molecule has 0 spiro atoms. The minimum absolute atomic E-state index is 0.0999. The van der Waals surface area contributed by atoms with Gasteiger partial charge in [-0.15, -0.1) is 0 Å². The summed E-state index contributed by atoms with van der Waals surface area (Å²) in [6.07, 6.45) is 10.6. The van der Waals surface area contributed by atoms with Crippen molar-refractivity contribution in [3.05, 3.63) is 75.4 Å². The molecule has 0 bridgehead atoms. The molecule has 1 aliphatic rings. The van der Waals surface area contributed by atoms with Crippen molar-refractivity contribution in [2.24, 2.45) is 0 Å². The Morgan fingerprint density at radius 3 is 1.59 bits per heavy atom. The topological polar surface area (TPSA) is 79.6 Å². The Kier molecular flexibility index (Phi) is 8.02. The zero-order valence-electron chi connectivity index (χ0n) is 27.0. The van der Waals surface area contributed by atoms with Crippen LogP contribution in [0.25, 0.3) is 60.4 Å². The normalized spacial score (nSPS) is 13.7. The van der Waals surface area contributed by atoms with Crippen LogP contribution >= 0.6 is 0 Å². The average Bonchev–Trinajstić information content (AvgIpc) is 3.07. The molecular weight excluding hydrogens is 572 g/mol. The van der Waals surface area contributed by atoms with Gasteiger partial charge in [0.1, 0.15) is 0 Å². The van der Waals surface area contributed by atoms with Crippen LogP contribution in [0.2, 0.25) is 0 Å². The first-order chi connectivity index (χ1) is 22.4. The monoisotopic (exact) mass is 614 g/mol. The first kappa shape index (κ1) is 30.4. The van der Waals surface area contributed by atoms with Gasteiger partial charge < -0.3 is 9.67 Å². The average molecular weight is 615 g/mol. The van der Waals surface area contributed by atoms with Crippen molar-refractivity contribution in [2.75, 3.05) is 6.61 Å². The molecule has 2 amide bonds. The van der Waals surface area contributed by atoms with E-state index in [4.69, 9.17) is 0 Å². The number of aliphatic hydroxyl groups excluding tert-OH is 1. The van der Waals surface area contributed by atoms with Gasteiger partial charge in [0.25, 0.3) is 17.4 Å². The van der Waals surface area contributed by atoms with E-state index in [2.05, 4.69) is 26.5 Å². The molecule has 5 aromatic carbocycles. The maximum atomic E-state index is 14.3. The van der Waals surface area contributed by atoms with E-state index in [1.54, 1.807) is 9.47 Å². The van der Waals surface area contributed by atoms with Gasteiger partial charge >= 0.3 is 0 Å². The summed E-state index contributed by atoms with van der Waals surface area (Å²) in [5.74, 6) is -0.363. The van der Waals surface area contributed by atoms with Gasteiger partial charge in [0.2, 0.25) is 0 Å². The van der Waals surface area contributed by atoms with Gasteiger partial charge in [0.15, 0.2) is 0 Å². The second kappa shape index (κ2) is 12.1. The molecular formula is C40H42N2O4. The van der Waals surface area contributed by atoms with Crippen LogP contribution in [0.1, 0.15) is 98.8 Å². The molecule has 6 aromatic rings. The summed E-state index contributed by atoms with van der Waals surface area (Å²) in [4.78, 5) is 43.8. The number of benzene rings is 5. The second-order valence-corrected chi connectivity index (χ2v) is 13.1. The van der Waals surface area contributed by atoms with Crippen LogP contribution in [0.5, 0.6) is 0 Å². The molecule has 0 unspecified atom stereocenters. The number of imide groups is 1. The van der Waals surface area contributed by atoms with Crippen molar-refractivity contribution in [1.82, 2.24) is 9.47 Å². The first-order valence-corrected chi connectivity index (χ1v) is 17.1. The smallest absolute Gasteiger partial charge is 0.261 e. The minimum atomic E-state index is -0.181. The number of amides is 2. The molecule has 7 rings (SSSR count). The summed E-state index contributed by atoms with van der Waals surface area (Å²) in [5.41, 5.74) is 1.03. The fraction of sp³-hybridized carbons (Fsp3) is 0.375. The van der Waals surface area contributed by atoms with Crippen LogP contribution in [0.15, 0.2) is 53.3 Å². The number of fused-ring (bicyclic) bond motifs is 2. The lowest BCUT2D eigenvalue weighted by Gasteiger charge is -2.35. The molecule has 1 aromatic heterocycles. The van der Waals surface area contributed by atoms with Gasteiger partial charge in [-0.2, -0.15) is 0 Å². The van der Waals surface area contributed by atoms with Crippen LogP contribution in [0.4, 0.5) is 0 Å². The summed E-state index contributed by atoms with van der Waals surface area (Å²) in [7, 11) is 0. The number of nitrogens with zero attached hydrogens (tertiary/aromatic N) is 2. The van der Waals surface area contributed by atoms with Gasteiger partial charge in [-0.05, 0) is 63.4 Å². The van der Waals surface area contributed by atoms with Gasteiger partial charge in [0, 0.05) is 50.6 Å². The highest BCUT2D eigenvalue weighted by molar-refractivity contribution is 6.40. The summed E-state index contributed by atoms with van der Waals surface area (Å²) < 4.78 is 1.55. The predicted molar refractivity (Wildman–Crippen MR) is 189 cm³/mol. The third kappa shape index (κ3) is 4.52. The third-order valence-corrected chi connectivity index (χ3v) is 10.4. The SMILES string of the molecule is C=c1c2ccc3c4ccc5c6c(ccc(c7ccc(c(=O)n1CCO)c2c37)c64)C(=O)N(C(CCCCCC)CCCCCC)C5=O. The van der Waals surface area contributed by atoms with E-state index in [1.165, 1.54) is 12.8 Å². The number of aromatic nitrogens is 1. The van der Waals surface area contributed by atoms with E-state index < -0.39 is 0 Å². The highest BCUT2D eigenvalue weighted by Crippen LogP contribution is 2.45. The van der Waals surface area contributed by atoms with Gasteiger partial charge in [-0.25, -0.2) is 0 Å². The Hall–Kier alpha value is -4.29. The number of unbranched alkanes of at least 4 members (excludes halogenated alkanes) is 6. The lowest BCUT2D eigenvalue weighted by molar-refractivity contribution is 0.0517. The quantitative estimate of drug-likeness (QED) is 0.0617. The maximum Gasteiger partial charge on any atom is 0.261 e. The molecule has 0 saturated heterocycles. The lowest BCUT2D eigenvalue weighted by atomic mass is 9.83. The van der Waals surface area contributed by atoms with Crippen LogP contribution in [-0.4, -0.2) is 39.0 Å². The number of rotatable bonds is 13. The maximum absolute atomic E-state index is 14.3. The number of carbonyl (C=O) groups is 2. The largest absolute Gasteiger partial charge is 0.395 e. The van der Waals surface area contributed by atoms with Crippen molar-refractivity contribution in [1.29, 1.82) is 0 Å². The molecule has 6 heteroatoms. The van der Waals surface area contributed by atoms with Gasteiger partial charge in [-0.1, -0.05) is 102 Å². The lowest BCUT2D eigenvalue weighted by Crippen LogP contribution is -2.47. The van der Waals surface area contributed by atoms with Crippen LogP contribution in [0.3, 0.4) is 0 Å². The molecule has 236 valence electrons. The van der Waals surface area contributed by atoms with Gasteiger partial charge in [-0.3, -0.25) is 19.3 Å². The highest BCUT2D eigenvalue weighted by Gasteiger charge is 2.38. The number of carbonyl (C=O) groups excluding carboxylic acids is 2. The second-order valence-electron chi connectivity index (χ2n) is 13.1. The Bertz CT molecular complexity index is 2100. The number of pyridine rings is 1. The molecule has 1 N–H and O–H groups in total. The summed E-state index contributed by atoms with van der Waals surface area (Å²) >= 11 is 0. The van der Waals surface area contributed by atoms with Crippen LogP contribution in [0, 0.1) is 0 Å². The van der Waals surface area contributed by atoms with E-state index in [9.17, 15) is 19.5 Å². The Balaban J connectivity index is 1.41. The molecule has 0 saturated carbocycles. The van der Waals surface area contributed by atoms with Crippen molar-refractivity contribution in [3.63, 3.8) is 0 Å². The van der Waals surface area contributed by atoms with Crippen molar-refractivity contribution < 1.29 is 14.7 Å². The summed E-state index contributed by atoms with van der Waals surface area (Å²) in [6, 6.07) is 15.7. The zero-order chi connectivity index (χ0) is 32.1. The number of hydrogen-bond acceptors (Lipinski definition) is 4.